The SMILES string of the molecule is CON(C)C(=O)/C=C/C[C@H](O)/C=C/c1ccccc1. The standard InChI is InChI=1S/C15H19NO3/c1-16(19-2)15(18)10-6-9-14(17)12-11-13-7-4-3-5-8-13/h3-8,10-12,14,17H,9H2,1-2H3/b10-6+,12-11+/t14-/m0/s1. The molecule has 0 unspecified atom stereocenters. The Morgan fingerprint density at radius 2 is 2.11 bits per heavy atom. The zero-order valence-corrected chi connectivity index (χ0v) is 11.2. The van der Waals surface area contributed by atoms with Crippen LogP contribution in [0.25, 0.3) is 6.08 Å². The van der Waals surface area contributed by atoms with Crippen molar-refractivity contribution in [1.29, 1.82) is 0 Å². The summed E-state index contributed by atoms with van der Waals surface area (Å²) >= 11 is 0. The molecule has 19 heavy (non-hydrogen) atoms. The Morgan fingerprint density at radius 3 is 2.74 bits per heavy atom. The zero-order valence-electron chi connectivity index (χ0n) is 11.2. The molecule has 0 aliphatic rings. The van der Waals surface area contributed by atoms with Crippen LogP contribution in [0.5, 0.6) is 0 Å². The van der Waals surface area contributed by atoms with Gasteiger partial charge in [-0.3, -0.25) is 9.63 Å². The Morgan fingerprint density at radius 1 is 1.42 bits per heavy atom. The van der Waals surface area contributed by atoms with Gasteiger partial charge in [0.2, 0.25) is 0 Å². The van der Waals surface area contributed by atoms with E-state index in [1.54, 1.807) is 12.2 Å². The number of hydrogen-bond donors (Lipinski definition) is 1. The molecule has 0 aromatic heterocycles. The minimum Gasteiger partial charge on any atom is -0.389 e. The lowest BCUT2D eigenvalue weighted by molar-refractivity contribution is -0.162. The molecule has 0 aliphatic carbocycles. The number of rotatable bonds is 6. The molecule has 0 saturated carbocycles. The second kappa shape index (κ2) is 8.24. The highest BCUT2D eigenvalue weighted by Crippen LogP contribution is 2.04. The molecule has 1 rings (SSSR count). The summed E-state index contributed by atoms with van der Waals surface area (Å²) in [4.78, 5) is 16.1. The Balaban J connectivity index is 2.40. The summed E-state index contributed by atoms with van der Waals surface area (Å²) in [5, 5.41) is 10.8. The molecule has 1 aromatic carbocycles. The van der Waals surface area contributed by atoms with E-state index in [0.29, 0.717) is 6.42 Å². The van der Waals surface area contributed by atoms with E-state index in [0.717, 1.165) is 10.6 Å². The zero-order chi connectivity index (χ0) is 14.1. The van der Waals surface area contributed by atoms with Gasteiger partial charge < -0.3 is 5.11 Å². The van der Waals surface area contributed by atoms with Crippen LogP contribution in [0.3, 0.4) is 0 Å². The number of nitrogens with zero attached hydrogens (tertiary/aromatic N) is 1. The number of carbonyl (C=O) groups excluding carboxylic acids is 1. The van der Waals surface area contributed by atoms with E-state index in [2.05, 4.69) is 0 Å². The second-order valence-electron chi connectivity index (χ2n) is 3.99. The number of aliphatic hydroxyl groups is 1. The van der Waals surface area contributed by atoms with Crippen LogP contribution in [0, 0.1) is 0 Å². The van der Waals surface area contributed by atoms with Gasteiger partial charge in [0.05, 0.1) is 13.2 Å². The van der Waals surface area contributed by atoms with Crippen molar-refractivity contribution in [3.05, 3.63) is 54.1 Å². The van der Waals surface area contributed by atoms with Crippen molar-refractivity contribution in [2.75, 3.05) is 14.2 Å². The molecule has 4 heteroatoms. The lowest BCUT2D eigenvalue weighted by atomic mass is 10.1. The summed E-state index contributed by atoms with van der Waals surface area (Å²) in [6, 6.07) is 9.72. The molecular formula is C15H19NO3. The number of likely N-dealkylation sites (N-methyl/N-ethyl adjacent to an activating group) is 1. The van der Waals surface area contributed by atoms with Crippen LogP contribution in [-0.4, -0.2) is 36.3 Å². The molecule has 0 radical (unpaired) electrons. The van der Waals surface area contributed by atoms with Crippen molar-refractivity contribution in [2.24, 2.45) is 0 Å². The first-order valence-corrected chi connectivity index (χ1v) is 6.03. The quantitative estimate of drug-likeness (QED) is 0.629. The van der Waals surface area contributed by atoms with Crippen LogP contribution in [-0.2, 0) is 9.63 Å². The number of carbonyl (C=O) groups is 1. The van der Waals surface area contributed by atoms with Crippen LogP contribution in [0.1, 0.15) is 12.0 Å². The second-order valence-corrected chi connectivity index (χ2v) is 3.99. The first-order chi connectivity index (χ1) is 9.13. The molecule has 102 valence electrons. The Hall–Kier alpha value is -1.91. The summed E-state index contributed by atoms with van der Waals surface area (Å²) in [6.45, 7) is 0. The number of hydrogen-bond acceptors (Lipinski definition) is 3. The van der Waals surface area contributed by atoms with Gasteiger partial charge in [-0.15, -0.1) is 0 Å². The molecule has 0 heterocycles. The van der Waals surface area contributed by atoms with Gasteiger partial charge >= 0.3 is 0 Å². The normalized spacial score (nSPS) is 13.0. The lowest BCUT2D eigenvalue weighted by Crippen LogP contribution is -2.23. The first-order valence-electron chi connectivity index (χ1n) is 6.03. The number of benzene rings is 1. The van der Waals surface area contributed by atoms with Crippen LogP contribution in [0.15, 0.2) is 48.6 Å². The van der Waals surface area contributed by atoms with Crippen LogP contribution in [0.2, 0.25) is 0 Å². The fourth-order valence-corrected chi connectivity index (χ4v) is 1.37. The van der Waals surface area contributed by atoms with Crippen molar-refractivity contribution in [3.8, 4) is 0 Å². The Labute approximate surface area is 113 Å². The van der Waals surface area contributed by atoms with Crippen LogP contribution >= 0.6 is 0 Å². The van der Waals surface area contributed by atoms with Gasteiger partial charge in [0.1, 0.15) is 0 Å². The van der Waals surface area contributed by atoms with Gasteiger partial charge in [0.15, 0.2) is 0 Å². The van der Waals surface area contributed by atoms with E-state index in [1.165, 1.54) is 20.2 Å². The number of aliphatic hydroxyl groups excluding tert-OH is 1. The maximum Gasteiger partial charge on any atom is 0.269 e. The van der Waals surface area contributed by atoms with E-state index >= 15 is 0 Å². The molecule has 0 bridgehead atoms. The predicted octanol–water partition coefficient (Wildman–Crippen LogP) is 2.03. The van der Waals surface area contributed by atoms with Crippen LogP contribution in [0.4, 0.5) is 0 Å². The van der Waals surface area contributed by atoms with Gasteiger partial charge in [0.25, 0.3) is 5.91 Å². The summed E-state index contributed by atoms with van der Waals surface area (Å²) in [6.07, 6.45) is 6.32. The third-order valence-electron chi connectivity index (χ3n) is 2.53. The molecule has 0 fully saturated rings. The van der Waals surface area contributed by atoms with E-state index in [1.807, 2.05) is 36.4 Å². The molecule has 1 amide bonds. The smallest absolute Gasteiger partial charge is 0.269 e. The van der Waals surface area contributed by atoms with E-state index in [4.69, 9.17) is 4.84 Å². The summed E-state index contributed by atoms with van der Waals surface area (Å²) < 4.78 is 0. The maximum absolute atomic E-state index is 11.3. The molecule has 1 aromatic rings. The Kier molecular flexibility index (Phi) is 6.57. The monoisotopic (exact) mass is 261 g/mol. The van der Waals surface area contributed by atoms with Gasteiger partial charge in [-0.05, 0) is 12.0 Å². The lowest BCUT2D eigenvalue weighted by Gasteiger charge is -2.10. The highest BCUT2D eigenvalue weighted by molar-refractivity contribution is 5.86. The van der Waals surface area contributed by atoms with Crippen molar-refractivity contribution in [1.82, 2.24) is 5.06 Å². The Bertz CT molecular complexity index is 440. The van der Waals surface area contributed by atoms with Crippen LogP contribution < -0.4 is 0 Å². The summed E-state index contributed by atoms with van der Waals surface area (Å²) in [7, 11) is 2.95. The fraction of sp³-hybridized carbons (Fsp3) is 0.267. The maximum atomic E-state index is 11.3. The highest BCUT2D eigenvalue weighted by atomic mass is 16.7. The number of hydroxylamine groups is 2. The van der Waals surface area contributed by atoms with E-state index in [-0.39, 0.29) is 5.91 Å². The third kappa shape index (κ3) is 5.99. The van der Waals surface area contributed by atoms with E-state index in [9.17, 15) is 9.90 Å². The molecule has 1 atom stereocenters. The molecule has 0 saturated heterocycles. The largest absolute Gasteiger partial charge is 0.389 e. The van der Waals surface area contributed by atoms with Gasteiger partial charge in [-0.1, -0.05) is 48.6 Å². The van der Waals surface area contributed by atoms with Crippen molar-refractivity contribution >= 4 is 12.0 Å². The van der Waals surface area contributed by atoms with Crippen molar-refractivity contribution in [3.63, 3.8) is 0 Å². The van der Waals surface area contributed by atoms with Gasteiger partial charge in [-0.2, -0.15) is 0 Å². The average Bonchev–Trinajstić information content (AvgIpc) is 2.45. The fourth-order valence-electron chi connectivity index (χ4n) is 1.37. The molecule has 0 spiro atoms. The molecule has 0 aliphatic heterocycles. The summed E-state index contributed by atoms with van der Waals surface area (Å²) in [5.41, 5.74) is 1.03. The first kappa shape index (κ1) is 15.1. The minimum absolute atomic E-state index is 0.262. The van der Waals surface area contributed by atoms with Gasteiger partial charge in [0, 0.05) is 13.1 Å². The molecular weight excluding hydrogens is 242 g/mol. The minimum atomic E-state index is -0.614. The molecule has 1 N–H and O–H groups in total. The molecule has 4 nitrogen and oxygen atoms in total. The average molecular weight is 261 g/mol. The summed E-state index contributed by atoms with van der Waals surface area (Å²) in [5.74, 6) is -0.262. The van der Waals surface area contributed by atoms with Crippen molar-refractivity contribution in [2.45, 2.75) is 12.5 Å². The topological polar surface area (TPSA) is 49.8 Å². The number of amides is 1. The predicted molar refractivity (Wildman–Crippen MR) is 75.0 cm³/mol. The van der Waals surface area contributed by atoms with Gasteiger partial charge in [-0.25, -0.2) is 5.06 Å². The third-order valence-corrected chi connectivity index (χ3v) is 2.53. The van der Waals surface area contributed by atoms with E-state index < -0.39 is 6.10 Å². The van der Waals surface area contributed by atoms with Crippen molar-refractivity contribution < 1.29 is 14.7 Å². The highest BCUT2D eigenvalue weighted by Gasteiger charge is 2.02.